The van der Waals surface area contributed by atoms with E-state index in [0.717, 1.165) is 5.69 Å². The van der Waals surface area contributed by atoms with Crippen LogP contribution in [0.15, 0.2) is 5.38 Å². The predicted octanol–water partition coefficient (Wildman–Crippen LogP) is 2.14. The van der Waals surface area contributed by atoms with E-state index in [1.807, 2.05) is 6.92 Å². The molecule has 0 radical (unpaired) electrons. The van der Waals surface area contributed by atoms with Gasteiger partial charge in [0.1, 0.15) is 0 Å². The molecule has 1 N–H and O–H groups in total. The summed E-state index contributed by atoms with van der Waals surface area (Å²) in [5.41, 5.74) is -1.04. The van der Waals surface area contributed by atoms with Gasteiger partial charge in [-0.3, -0.25) is 10.1 Å². The number of aryl methyl sites for hydroxylation is 1. The van der Waals surface area contributed by atoms with Crippen LogP contribution in [0.1, 0.15) is 19.5 Å². The third-order valence-corrected chi connectivity index (χ3v) is 2.25. The number of thiazole rings is 1. The van der Waals surface area contributed by atoms with E-state index in [0.29, 0.717) is 5.13 Å². The Morgan fingerprint density at radius 3 is 2.69 bits per heavy atom. The molecule has 0 saturated carbocycles. The third-order valence-electron chi connectivity index (χ3n) is 1.38. The molecule has 1 aromatic rings. The highest BCUT2D eigenvalue weighted by Crippen LogP contribution is 2.17. The molecular formula is C8H11FN2OS. The van der Waals surface area contributed by atoms with E-state index in [1.165, 1.54) is 25.2 Å². The summed E-state index contributed by atoms with van der Waals surface area (Å²) in [6.45, 7) is 4.23. The molecule has 1 amide bonds. The van der Waals surface area contributed by atoms with Gasteiger partial charge in [0.25, 0.3) is 5.91 Å². The molecule has 0 atom stereocenters. The second-order valence-electron chi connectivity index (χ2n) is 3.22. The summed E-state index contributed by atoms with van der Waals surface area (Å²) < 4.78 is 13.0. The number of carbonyl (C=O) groups is 1. The molecule has 0 aliphatic rings. The van der Waals surface area contributed by atoms with Crippen LogP contribution in [0.3, 0.4) is 0 Å². The van der Waals surface area contributed by atoms with Gasteiger partial charge < -0.3 is 0 Å². The number of hydrogen-bond acceptors (Lipinski definition) is 3. The minimum absolute atomic E-state index is 0.438. The first-order chi connectivity index (χ1) is 5.89. The van der Waals surface area contributed by atoms with Gasteiger partial charge in [0.15, 0.2) is 10.8 Å². The zero-order valence-corrected chi connectivity index (χ0v) is 8.54. The van der Waals surface area contributed by atoms with Gasteiger partial charge in [0.05, 0.1) is 5.69 Å². The second kappa shape index (κ2) is 3.41. The summed E-state index contributed by atoms with van der Waals surface area (Å²) in [5, 5.41) is 4.63. The first-order valence-electron chi connectivity index (χ1n) is 3.82. The lowest BCUT2D eigenvalue weighted by Gasteiger charge is -2.11. The van der Waals surface area contributed by atoms with Crippen LogP contribution in [0.5, 0.6) is 0 Å². The van der Waals surface area contributed by atoms with Gasteiger partial charge in [-0.15, -0.1) is 11.3 Å². The molecular weight excluding hydrogens is 191 g/mol. The molecule has 1 heterocycles. The Labute approximate surface area is 80.0 Å². The zero-order chi connectivity index (χ0) is 10.1. The molecule has 0 aliphatic carbocycles. The topological polar surface area (TPSA) is 42.0 Å². The molecule has 1 rings (SSSR count). The van der Waals surface area contributed by atoms with Crippen molar-refractivity contribution in [1.82, 2.24) is 4.98 Å². The number of halogens is 1. The van der Waals surface area contributed by atoms with Gasteiger partial charge in [-0.2, -0.15) is 0 Å². The zero-order valence-electron chi connectivity index (χ0n) is 7.72. The Bertz CT molecular complexity index is 316. The molecule has 0 unspecified atom stereocenters. The highest BCUT2D eigenvalue weighted by atomic mass is 32.1. The van der Waals surface area contributed by atoms with E-state index in [1.54, 1.807) is 5.38 Å². The summed E-state index contributed by atoms with van der Waals surface area (Å²) in [7, 11) is 0. The maximum atomic E-state index is 13.0. The van der Waals surface area contributed by atoms with Crippen molar-refractivity contribution in [2.24, 2.45) is 0 Å². The lowest BCUT2D eigenvalue weighted by Crippen LogP contribution is -2.32. The highest BCUT2D eigenvalue weighted by Gasteiger charge is 2.27. The number of anilines is 1. The van der Waals surface area contributed by atoms with Crippen molar-refractivity contribution in [2.75, 3.05) is 5.32 Å². The molecule has 13 heavy (non-hydrogen) atoms. The van der Waals surface area contributed by atoms with E-state index >= 15 is 0 Å². The van der Waals surface area contributed by atoms with Gasteiger partial charge in [-0.05, 0) is 20.8 Å². The molecule has 72 valence electrons. The number of nitrogens with one attached hydrogen (secondary N) is 1. The first kappa shape index (κ1) is 10.1. The Balaban J connectivity index is 2.65. The minimum Gasteiger partial charge on any atom is -0.299 e. The van der Waals surface area contributed by atoms with Crippen LogP contribution in [0.4, 0.5) is 9.52 Å². The molecule has 0 bridgehead atoms. The van der Waals surface area contributed by atoms with E-state index in [-0.39, 0.29) is 0 Å². The van der Waals surface area contributed by atoms with Gasteiger partial charge in [0, 0.05) is 5.38 Å². The molecule has 0 saturated heterocycles. The molecule has 0 aromatic carbocycles. The molecule has 0 fully saturated rings. The van der Waals surface area contributed by atoms with Crippen molar-refractivity contribution in [2.45, 2.75) is 26.4 Å². The van der Waals surface area contributed by atoms with Crippen LogP contribution in [0.25, 0.3) is 0 Å². The fourth-order valence-corrected chi connectivity index (χ4v) is 1.34. The summed E-state index contributed by atoms with van der Waals surface area (Å²) in [6, 6.07) is 0. The maximum Gasteiger partial charge on any atom is 0.263 e. The van der Waals surface area contributed by atoms with Crippen molar-refractivity contribution in [3.8, 4) is 0 Å². The number of carbonyl (C=O) groups excluding carboxylic acids is 1. The quantitative estimate of drug-likeness (QED) is 0.798. The van der Waals surface area contributed by atoms with Crippen molar-refractivity contribution in [3.63, 3.8) is 0 Å². The number of aromatic nitrogens is 1. The fourth-order valence-electron chi connectivity index (χ4n) is 0.657. The van der Waals surface area contributed by atoms with Gasteiger partial charge >= 0.3 is 0 Å². The fraction of sp³-hybridized carbons (Fsp3) is 0.500. The number of nitrogens with zero attached hydrogens (tertiary/aromatic N) is 1. The molecule has 0 aliphatic heterocycles. The first-order valence-corrected chi connectivity index (χ1v) is 4.70. The SMILES string of the molecule is Cc1csc(NC(=O)C(C)(C)F)n1. The maximum absolute atomic E-state index is 13.0. The standard InChI is InChI=1S/C8H11FN2OS/c1-5-4-13-7(10-5)11-6(12)8(2,3)9/h4H,1-3H3,(H,10,11,12). The number of hydrogen-bond donors (Lipinski definition) is 1. The molecule has 5 heteroatoms. The van der Waals surface area contributed by atoms with Crippen LogP contribution < -0.4 is 5.32 Å². The van der Waals surface area contributed by atoms with Crippen LogP contribution >= 0.6 is 11.3 Å². The minimum atomic E-state index is -1.86. The van der Waals surface area contributed by atoms with Crippen molar-refractivity contribution < 1.29 is 9.18 Å². The van der Waals surface area contributed by atoms with Crippen LogP contribution in [-0.2, 0) is 4.79 Å². The predicted molar refractivity (Wildman–Crippen MR) is 50.7 cm³/mol. The van der Waals surface area contributed by atoms with Crippen LogP contribution in [-0.4, -0.2) is 16.6 Å². The van der Waals surface area contributed by atoms with Crippen LogP contribution in [0.2, 0.25) is 0 Å². The largest absolute Gasteiger partial charge is 0.299 e. The summed E-state index contributed by atoms with van der Waals surface area (Å²) in [5.74, 6) is -0.665. The lowest BCUT2D eigenvalue weighted by atomic mass is 10.1. The summed E-state index contributed by atoms with van der Waals surface area (Å²) >= 11 is 1.28. The Morgan fingerprint density at radius 1 is 1.69 bits per heavy atom. The van der Waals surface area contributed by atoms with E-state index in [9.17, 15) is 9.18 Å². The molecule has 1 aromatic heterocycles. The van der Waals surface area contributed by atoms with Crippen molar-refractivity contribution in [3.05, 3.63) is 11.1 Å². The van der Waals surface area contributed by atoms with Gasteiger partial charge in [-0.1, -0.05) is 0 Å². The third kappa shape index (κ3) is 2.77. The number of rotatable bonds is 2. The molecule has 0 spiro atoms. The average molecular weight is 202 g/mol. The number of alkyl halides is 1. The Hall–Kier alpha value is -0.970. The Kier molecular flexibility index (Phi) is 2.66. The average Bonchev–Trinajstić information content (AvgIpc) is 2.33. The summed E-state index contributed by atoms with van der Waals surface area (Å²) in [4.78, 5) is 15.1. The van der Waals surface area contributed by atoms with E-state index in [4.69, 9.17) is 0 Å². The highest BCUT2D eigenvalue weighted by molar-refractivity contribution is 7.13. The van der Waals surface area contributed by atoms with Gasteiger partial charge in [-0.25, -0.2) is 9.37 Å². The normalized spacial score (nSPS) is 11.4. The van der Waals surface area contributed by atoms with E-state index < -0.39 is 11.6 Å². The Morgan fingerprint density at radius 2 is 2.31 bits per heavy atom. The number of amides is 1. The van der Waals surface area contributed by atoms with Crippen molar-refractivity contribution in [1.29, 1.82) is 0 Å². The lowest BCUT2D eigenvalue weighted by molar-refractivity contribution is -0.125. The van der Waals surface area contributed by atoms with Crippen LogP contribution in [0, 0.1) is 6.92 Å². The van der Waals surface area contributed by atoms with Gasteiger partial charge in [0.2, 0.25) is 0 Å². The monoisotopic (exact) mass is 202 g/mol. The smallest absolute Gasteiger partial charge is 0.263 e. The second-order valence-corrected chi connectivity index (χ2v) is 4.08. The van der Waals surface area contributed by atoms with Crippen molar-refractivity contribution >= 4 is 22.4 Å². The van der Waals surface area contributed by atoms with E-state index in [2.05, 4.69) is 10.3 Å². The summed E-state index contributed by atoms with van der Waals surface area (Å²) in [6.07, 6.45) is 0. The molecule has 3 nitrogen and oxygen atoms in total.